The first-order chi connectivity index (χ1) is 9.32. The van der Waals surface area contributed by atoms with E-state index in [9.17, 15) is 4.79 Å². The third-order valence-electron chi connectivity index (χ3n) is 4.40. The van der Waals surface area contributed by atoms with Crippen LogP contribution < -0.4 is 11.1 Å². The van der Waals surface area contributed by atoms with Crippen molar-refractivity contribution in [2.45, 2.75) is 71.4 Å². The molecule has 4 nitrogen and oxygen atoms in total. The van der Waals surface area contributed by atoms with Crippen LogP contribution in [0.15, 0.2) is 0 Å². The van der Waals surface area contributed by atoms with Crippen molar-refractivity contribution in [1.29, 1.82) is 0 Å². The Kier molecular flexibility index (Phi) is 6.96. The van der Waals surface area contributed by atoms with E-state index in [0.29, 0.717) is 0 Å². The van der Waals surface area contributed by atoms with Crippen molar-refractivity contribution in [2.75, 3.05) is 20.1 Å². The molecule has 4 heteroatoms. The van der Waals surface area contributed by atoms with Gasteiger partial charge in [-0.1, -0.05) is 40.0 Å². The lowest BCUT2D eigenvalue weighted by molar-refractivity contribution is -0.124. The molecule has 0 aliphatic heterocycles. The average Bonchev–Trinajstić information content (AvgIpc) is 2.42. The average molecular weight is 283 g/mol. The van der Waals surface area contributed by atoms with Gasteiger partial charge in [-0.3, -0.25) is 4.79 Å². The van der Waals surface area contributed by atoms with Gasteiger partial charge in [-0.2, -0.15) is 0 Å². The van der Waals surface area contributed by atoms with Crippen molar-refractivity contribution in [2.24, 2.45) is 11.1 Å². The van der Waals surface area contributed by atoms with Crippen LogP contribution >= 0.6 is 0 Å². The molecule has 0 aromatic rings. The second kappa shape index (κ2) is 7.99. The van der Waals surface area contributed by atoms with E-state index in [1.54, 1.807) is 0 Å². The van der Waals surface area contributed by atoms with E-state index in [1.807, 2.05) is 20.8 Å². The van der Waals surface area contributed by atoms with E-state index in [0.717, 1.165) is 25.6 Å². The largest absolute Gasteiger partial charge is 0.355 e. The van der Waals surface area contributed by atoms with Crippen LogP contribution in [0.1, 0.15) is 59.3 Å². The van der Waals surface area contributed by atoms with Crippen molar-refractivity contribution in [3.05, 3.63) is 0 Å². The summed E-state index contributed by atoms with van der Waals surface area (Å²) in [6.07, 6.45) is 7.79. The summed E-state index contributed by atoms with van der Waals surface area (Å²) in [6, 6.07) is 0.315. The second-order valence-electron chi connectivity index (χ2n) is 7.26. The van der Waals surface area contributed by atoms with Gasteiger partial charge in [0.2, 0.25) is 5.91 Å². The zero-order valence-electron chi connectivity index (χ0n) is 13.7. The quantitative estimate of drug-likeness (QED) is 0.734. The third kappa shape index (κ3) is 5.80. The van der Waals surface area contributed by atoms with E-state index in [-0.39, 0.29) is 11.3 Å². The van der Waals surface area contributed by atoms with Crippen LogP contribution in [-0.2, 0) is 4.79 Å². The monoisotopic (exact) mass is 283 g/mol. The number of hydrogen-bond donors (Lipinski definition) is 2. The van der Waals surface area contributed by atoms with Gasteiger partial charge in [0.25, 0.3) is 0 Å². The Bertz CT molecular complexity index is 293. The maximum atomic E-state index is 11.9. The highest BCUT2D eigenvalue weighted by atomic mass is 16.2. The Morgan fingerprint density at radius 2 is 1.90 bits per heavy atom. The lowest BCUT2D eigenvalue weighted by atomic mass is 9.87. The molecule has 0 radical (unpaired) electrons. The molecule has 0 heterocycles. The maximum absolute atomic E-state index is 11.9. The first kappa shape index (κ1) is 17.4. The summed E-state index contributed by atoms with van der Waals surface area (Å²) in [5.41, 5.74) is 5.75. The molecule has 20 heavy (non-hydrogen) atoms. The Morgan fingerprint density at radius 1 is 1.30 bits per heavy atom. The molecule has 1 rings (SSSR count). The highest BCUT2D eigenvalue weighted by molar-refractivity contribution is 5.82. The lowest BCUT2D eigenvalue weighted by Gasteiger charge is -2.31. The van der Waals surface area contributed by atoms with Gasteiger partial charge in [0.1, 0.15) is 0 Å². The van der Waals surface area contributed by atoms with Gasteiger partial charge in [-0.15, -0.1) is 0 Å². The summed E-state index contributed by atoms with van der Waals surface area (Å²) in [7, 11) is 2.21. The molecule has 0 aromatic heterocycles. The molecular weight excluding hydrogens is 250 g/mol. The van der Waals surface area contributed by atoms with Crippen LogP contribution in [0.4, 0.5) is 0 Å². The summed E-state index contributed by atoms with van der Waals surface area (Å²) in [5, 5.41) is 2.96. The van der Waals surface area contributed by atoms with Gasteiger partial charge in [-0.25, -0.2) is 0 Å². The molecule has 1 saturated carbocycles. The number of carbonyl (C=O) groups is 1. The van der Waals surface area contributed by atoms with Gasteiger partial charge < -0.3 is 16.0 Å². The zero-order valence-corrected chi connectivity index (χ0v) is 13.7. The molecule has 0 aromatic carbocycles. The number of nitrogens with two attached hydrogens (primary N) is 1. The fourth-order valence-corrected chi connectivity index (χ4v) is 2.75. The first-order valence-electron chi connectivity index (χ1n) is 8.06. The summed E-state index contributed by atoms with van der Waals surface area (Å²) >= 11 is 0. The maximum Gasteiger partial charge on any atom is 0.237 e. The molecule has 3 N–H and O–H groups in total. The molecule has 1 aliphatic carbocycles. The van der Waals surface area contributed by atoms with Gasteiger partial charge >= 0.3 is 0 Å². The smallest absolute Gasteiger partial charge is 0.237 e. The minimum Gasteiger partial charge on any atom is -0.355 e. The standard InChI is InChI=1S/C16H33N3O/c1-16(2,3)14(17)15(20)18-11-8-12-19(4)13-9-6-5-7-10-13/h13-14H,5-12,17H2,1-4H3,(H,18,20)/t14-/m0/s1. The van der Waals surface area contributed by atoms with Gasteiger partial charge in [0.05, 0.1) is 6.04 Å². The minimum absolute atomic E-state index is 0.0298. The fraction of sp³-hybridized carbons (Fsp3) is 0.938. The van der Waals surface area contributed by atoms with Crippen molar-refractivity contribution >= 4 is 5.91 Å². The zero-order chi connectivity index (χ0) is 15.2. The third-order valence-corrected chi connectivity index (χ3v) is 4.40. The number of rotatable bonds is 6. The molecule has 0 saturated heterocycles. The van der Waals surface area contributed by atoms with E-state index >= 15 is 0 Å². The summed E-state index contributed by atoms with van der Waals surface area (Å²) in [5.74, 6) is -0.0298. The molecule has 0 bridgehead atoms. The molecule has 1 aliphatic rings. The number of carbonyl (C=O) groups excluding carboxylic acids is 1. The Morgan fingerprint density at radius 3 is 2.45 bits per heavy atom. The summed E-state index contributed by atoms with van der Waals surface area (Å²) < 4.78 is 0. The summed E-state index contributed by atoms with van der Waals surface area (Å²) in [6.45, 7) is 7.76. The van der Waals surface area contributed by atoms with Crippen LogP contribution in [0.25, 0.3) is 0 Å². The molecule has 0 unspecified atom stereocenters. The Balaban J connectivity index is 2.16. The second-order valence-corrected chi connectivity index (χ2v) is 7.26. The summed E-state index contributed by atoms with van der Waals surface area (Å²) in [4.78, 5) is 14.3. The van der Waals surface area contributed by atoms with Crippen molar-refractivity contribution in [1.82, 2.24) is 10.2 Å². The van der Waals surface area contributed by atoms with E-state index in [1.165, 1.54) is 32.1 Å². The van der Waals surface area contributed by atoms with Gasteiger partial charge in [0.15, 0.2) is 0 Å². The number of amides is 1. The van der Waals surface area contributed by atoms with Crippen LogP contribution in [-0.4, -0.2) is 43.0 Å². The molecule has 1 amide bonds. The van der Waals surface area contributed by atoms with Crippen molar-refractivity contribution < 1.29 is 4.79 Å². The Labute approximate surface area is 124 Å². The highest BCUT2D eigenvalue weighted by Crippen LogP contribution is 2.21. The predicted octanol–water partition coefficient (Wildman–Crippen LogP) is 2.13. The first-order valence-corrected chi connectivity index (χ1v) is 8.06. The predicted molar refractivity (Wildman–Crippen MR) is 84.6 cm³/mol. The normalized spacial score (nSPS) is 19.1. The molecule has 1 atom stereocenters. The van der Waals surface area contributed by atoms with Crippen LogP contribution in [0, 0.1) is 5.41 Å². The number of nitrogens with one attached hydrogen (secondary N) is 1. The van der Waals surface area contributed by atoms with Crippen LogP contribution in [0.3, 0.4) is 0 Å². The topological polar surface area (TPSA) is 58.4 Å². The molecule has 0 spiro atoms. The van der Waals surface area contributed by atoms with Crippen molar-refractivity contribution in [3.63, 3.8) is 0 Å². The van der Waals surface area contributed by atoms with Crippen molar-refractivity contribution in [3.8, 4) is 0 Å². The fourth-order valence-electron chi connectivity index (χ4n) is 2.75. The SMILES string of the molecule is CN(CCCNC(=O)[C@H](N)C(C)(C)C)C1CCCCC1. The number of hydrogen-bond acceptors (Lipinski definition) is 3. The van der Waals surface area contributed by atoms with Gasteiger partial charge in [-0.05, 0) is 38.3 Å². The Hall–Kier alpha value is -0.610. The lowest BCUT2D eigenvalue weighted by Crippen LogP contribution is -2.49. The van der Waals surface area contributed by atoms with Crippen LogP contribution in [0.2, 0.25) is 0 Å². The van der Waals surface area contributed by atoms with E-state index < -0.39 is 6.04 Å². The highest BCUT2D eigenvalue weighted by Gasteiger charge is 2.27. The molecule has 1 fully saturated rings. The van der Waals surface area contributed by atoms with E-state index in [2.05, 4.69) is 17.3 Å². The number of nitrogens with zero attached hydrogens (tertiary/aromatic N) is 1. The van der Waals surface area contributed by atoms with E-state index in [4.69, 9.17) is 5.73 Å². The van der Waals surface area contributed by atoms with Crippen LogP contribution in [0.5, 0.6) is 0 Å². The van der Waals surface area contributed by atoms with Gasteiger partial charge in [0, 0.05) is 12.6 Å². The molecule has 118 valence electrons. The molecular formula is C16H33N3O. The minimum atomic E-state index is -0.432.